The minimum atomic E-state index is 0.331. The Morgan fingerprint density at radius 2 is 1.86 bits per heavy atom. The van der Waals surface area contributed by atoms with Crippen LogP contribution >= 0.6 is 0 Å². The summed E-state index contributed by atoms with van der Waals surface area (Å²) in [5.74, 6) is 0.985. The number of hydrogen-bond acceptors (Lipinski definition) is 1. The molecule has 14 heavy (non-hydrogen) atoms. The van der Waals surface area contributed by atoms with Crippen LogP contribution in [0, 0.1) is 6.92 Å². The maximum Gasteiger partial charge on any atom is 0.119 e. The first-order chi connectivity index (χ1) is 6.72. The second kappa shape index (κ2) is 5.69. The van der Waals surface area contributed by atoms with E-state index in [2.05, 4.69) is 32.9 Å². The first-order valence-electron chi connectivity index (χ1n) is 5.45. The Labute approximate surface area is 87.1 Å². The molecule has 0 amide bonds. The summed E-state index contributed by atoms with van der Waals surface area (Å²) < 4.78 is 5.77. The van der Waals surface area contributed by atoms with Crippen molar-refractivity contribution in [2.24, 2.45) is 0 Å². The molecule has 0 spiro atoms. The van der Waals surface area contributed by atoms with Gasteiger partial charge < -0.3 is 4.74 Å². The molecule has 0 bridgehead atoms. The lowest BCUT2D eigenvalue weighted by Gasteiger charge is -2.14. The van der Waals surface area contributed by atoms with Gasteiger partial charge in [-0.25, -0.2) is 0 Å². The molecule has 1 aromatic carbocycles. The highest BCUT2D eigenvalue weighted by Gasteiger charge is 2.02. The third-order valence-corrected chi connectivity index (χ3v) is 2.32. The second-order valence-electron chi connectivity index (χ2n) is 3.88. The number of aryl methyl sites for hydroxylation is 1. The Morgan fingerprint density at radius 1 is 1.21 bits per heavy atom. The third kappa shape index (κ3) is 3.82. The van der Waals surface area contributed by atoms with Gasteiger partial charge in [-0.2, -0.15) is 0 Å². The SMILES string of the molecule is CCCCC(C)Oc1ccc(C)cc1. The fourth-order valence-electron chi connectivity index (χ4n) is 1.40. The molecule has 1 atom stereocenters. The third-order valence-electron chi connectivity index (χ3n) is 2.32. The minimum Gasteiger partial charge on any atom is -0.491 e. The zero-order valence-electron chi connectivity index (χ0n) is 9.42. The summed E-state index contributed by atoms with van der Waals surface area (Å²) in [6.45, 7) is 6.43. The Balaban J connectivity index is 2.39. The summed E-state index contributed by atoms with van der Waals surface area (Å²) in [6, 6.07) is 8.25. The lowest BCUT2D eigenvalue weighted by Crippen LogP contribution is -2.11. The summed E-state index contributed by atoms with van der Waals surface area (Å²) >= 11 is 0. The zero-order chi connectivity index (χ0) is 10.4. The molecule has 1 heteroatoms. The highest BCUT2D eigenvalue weighted by atomic mass is 16.5. The van der Waals surface area contributed by atoms with Crippen molar-refractivity contribution in [2.45, 2.75) is 46.1 Å². The van der Waals surface area contributed by atoms with Crippen LogP contribution in [0.2, 0.25) is 0 Å². The predicted octanol–water partition coefficient (Wildman–Crippen LogP) is 3.95. The van der Waals surface area contributed by atoms with Gasteiger partial charge in [0.1, 0.15) is 5.75 Å². The minimum absolute atomic E-state index is 0.331. The maximum absolute atomic E-state index is 5.77. The molecule has 1 aromatic rings. The smallest absolute Gasteiger partial charge is 0.119 e. The van der Waals surface area contributed by atoms with E-state index in [0.29, 0.717) is 6.10 Å². The number of benzene rings is 1. The molecule has 0 aliphatic carbocycles. The van der Waals surface area contributed by atoms with Gasteiger partial charge in [-0.05, 0) is 32.4 Å². The Hall–Kier alpha value is -0.980. The topological polar surface area (TPSA) is 9.23 Å². The molecule has 1 nitrogen and oxygen atoms in total. The summed E-state index contributed by atoms with van der Waals surface area (Å²) in [7, 11) is 0. The first kappa shape index (κ1) is 11.1. The largest absolute Gasteiger partial charge is 0.491 e. The van der Waals surface area contributed by atoms with Crippen LogP contribution in [0.1, 0.15) is 38.7 Å². The van der Waals surface area contributed by atoms with Crippen LogP contribution in [0.15, 0.2) is 24.3 Å². The van der Waals surface area contributed by atoms with Gasteiger partial charge in [-0.15, -0.1) is 0 Å². The molecule has 0 aliphatic heterocycles. The van der Waals surface area contributed by atoms with E-state index in [1.165, 1.54) is 18.4 Å². The highest BCUT2D eigenvalue weighted by Crippen LogP contribution is 2.15. The quantitative estimate of drug-likeness (QED) is 0.686. The molecule has 0 N–H and O–H groups in total. The molecule has 78 valence electrons. The van der Waals surface area contributed by atoms with E-state index in [-0.39, 0.29) is 0 Å². The van der Waals surface area contributed by atoms with Crippen LogP contribution in [-0.2, 0) is 0 Å². The average Bonchev–Trinajstić information content (AvgIpc) is 2.18. The van der Waals surface area contributed by atoms with E-state index < -0.39 is 0 Å². The predicted molar refractivity (Wildman–Crippen MR) is 60.8 cm³/mol. The lowest BCUT2D eigenvalue weighted by atomic mass is 10.2. The van der Waals surface area contributed by atoms with Crippen LogP contribution in [-0.4, -0.2) is 6.10 Å². The first-order valence-corrected chi connectivity index (χ1v) is 5.45. The zero-order valence-corrected chi connectivity index (χ0v) is 9.42. The van der Waals surface area contributed by atoms with Gasteiger partial charge in [-0.1, -0.05) is 37.5 Å². The number of rotatable bonds is 5. The van der Waals surface area contributed by atoms with Gasteiger partial charge in [0.05, 0.1) is 6.10 Å². The van der Waals surface area contributed by atoms with E-state index in [4.69, 9.17) is 4.74 Å². The van der Waals surface area contributed by atoms with Gasteiger partial charge in [0.15, 0.2) is 0 Å². The Morgan fingerprint density at radius 3 is 2.43 bits per heavy atom. The normalized spacial score (nSPS) is 12.5. The molecule has 0 saturated carbocycles. The van der Waals surface area contributed by atoms with Crippen LogP contribution in [0.5, 0.6) is 5.75 Å². The van der Waals surface area contributed by atoms with Crippen molar-refractivity contribution in [3.8, 4) is 5.75 Å². The van der Waals surface area contributed by atoms with Crippen molar-refractivity contribution in [1.29, 1.82) is 0 Å². The van der Waals surface area contributed by atoms with Crippen molar-refractivity contribution in [3.05, 3.63) is 29.8 Å². The summed E-state index contributed by atoms with van der Waals surface area (Å²) in [5, 5.41) is 0. The van der Waals surface area contributed by atoms with E-state index in [9.17, 15) is 0 Å². The maximum atomic E-state index is 5.77. The van der Waals surface area contributed by atoms with E-state index in [1.54, 1.807) is 0 Å². The van der Waals surface area contributed by atoms with E-state index >= 15 is 0 Å². The summed E-state index contributed by atoms with van der Waals surface area (Å²) in [4.78, 5) is 0. The fraction of sp³-hybridized carbons (Fsp3) is 0.538. The van der Waals surface area contributed by atoms with E-state index in [0.717, 1.165) is 12.2 Å². The van der Waals surface area contributed by atoms with Crippen LogP contribution < -0.4 is 4.74 Å². The molecule has 1 unspecified atom stereocenters. The molecule has 1 rings (SSSR count). The van der Waals surface area contributed by atoms with Crippen molar-refractivity contribution >= 4 is 0 Å². The van der Waals surface area contributed by atoms with Crippen molar-refractivity contribution in [1.82, 2.24) is 0 Å². The van der Waals surface area contributed by atoms with Crippen molar-refractivity contribution < 1.29 is 4.74 Å². The molecule has 0 heterocycles. The molecule has 0 saturated heterocycles. The summed E-state index contributed by atoms with van der Waals surface area (Å²) in [5.41, 5.74) is 1.28. The number of unbranched alkanes of at least 4 members (excludes halogenated alkanes) is 1. The van der Waals surface area contributed by atoms with Gasteiger partial charge in [0, 0.05) is 0 Å². The highest BCUT2D eigenvalue weighted by molar-refractivity contribution is 5.26. The molecule has 0 aliphatic rings. The van der Waals surface area contributed by atoms with E-state index in [1.807, 2.05) is 12.1 Å². The van der Waals surface area contributed by atoms with Crippen LogP contribution in [0.25, 0.3) is 0 Å². The van der Waals surface area contributed by atoms with Crippen LogP contribution in [0.4, 0.5) is 0 Å². The molecular formula is C13H20O. The molecule has 0 radical (unpaired) electrons. The van der Waals surface area contributed by atoms with Crippen LogP contribution in [0.3, 0.4) is 0 Å². The van der Waals surface area contributed by atoms with Gasteiger partial charge >= 0.3 is 0 Å². The Bertz CT molecular complexity index is 250. The van der Waals surface area contributed by atoms with Gasteiger partial charge in [0.2, 0.25) is 0 Å². The lowest BCUT2D eigenvalue weighted by molar-refractivity contribution is 0.207. The Kier molecular flexibility index (Phi) is 4.51. The standard InChI is InChI=1S/C13H20O/c1-4-5-6-12(3)14-13-9-7-11(2)8-10-13/h7-10,12H,4-6H2,1-3H3. The van der Waals surface area contributed by atoms with Gasteiger partial charge in [0.25, 0.3) is 0 Å². The summed E-state index contributed by atoms with van der Waals surface area (Å²) in [6.07, 6.45) is 3.96. The van der Waals surface area contributed by atoms with Gasteiger partial charge in [-0.3, -0.25) is 0 Å². The number of ether oxygens (including phenoxy) is 1. The molecular weight excluding hydrogens is 172 g/mol. The monoisotopic (exact) mass is 192 g/mol. The van der Waals surface area contributed by atoms with Crippen molar-refractivity contribution in [2.75, 3.05) is 0 Å². The second-order valence-corrected chi connectivity index (χ2v) is 3.88. The number of hydrogen-bond donors (Lipinski definition) is 0. The molecule has 0 aromatic heterocycles. The average molecular weight is 192 g/mol. The molecule has 0 fully saturated rings. The fourth-order valence-corrected chi connectivity index (χ4v) is 1.40. The van der Waals surface area contributed by atoms with Crippen molar-refractivity contribution in [3.63, 3.8) is 0 Å².